The summed E-state index contributed by atoms with van der Waals surface area (Å²) in [7, 11) is 0. The first kappa shape index (κ1) is 12.6. The zero-order valence-corrected chi connectivity index (χ0v) is 9.91. The van der Waals surface area contributed by atoms with Crippen molar-refractivity contribution in [3.8, 4) is 0 Å². The molecule has 1 aliphatic rings. The van der Waals surface area contributed by atoms with E-state index in [9.17, 15) is 14.4 Å². The monoisotopic (exact) mass is 252 g/mol. The van der Waals surface area contributed by atoms with Crippen LogP contribution in [-0.2, 0) is 0 Å². The maximum Gasteiger partial charge on any atom is 0.326 e. The Bertz CT molecular complexity index is 499. The van der Waals surface area contributed by atoms with Crippen LogP contribution in [0.1, 0.15) is 29.8 Å². The Morgan fingerprint density at radius 2 is 2.22 bits per heavy atom. The molecule has 1 unspecified atom stereocenters. The van der Waals surface area contributed by atoms with Crippen molar-refractivity contribution >= 4 is 5.91 Å². The summed E-state index contributed by atoms with van der Waals surface area (Å²) in [5.74, 6) is -0.434. The van der Waals surface area contributed by atoms with Gasteiger partial charge >= 0.3 is 5.69 Å². The van der Waals surface area contributed by atoms with Gasteiger partial charge in [0.1, 0.15) is 5.69 Å². The second-order valence-electron chi connectivity index (χ2n) is 4.34. The molecule has 98 valence electrons. The van der Waals surface area contributed by atoms with E-state index in [1.54, 1.807) is 0 Å². The number of hydrogen-bond acceptors (Lipinski definition) is 4. The highest BCUT2D eigenvalue weighted by Gasteiger charge is 2.14. The largest absolute Gasteiger partial charge is 0.351 e. The van der Waals surface area contributed by atoms with Crippen LogP contribution < -0.4 is 21.9 Å². The van der Waals surface area contributed by atoms with Gasteiger partial charge in [-0.1, -0.05) is 0 Å². The summed E-state index contributed by atoms with van der Waals surface area (Å²) >= 11 is 0. The number of H-pyrrole nitrogens is 2. The predicted molar refractivity (Wildman–Crippen MR) is 65.7 cm³/mol. The van der Waals surface area contributed by atoms with Crippen LogP contribution in [0.2, 0.25) is 0 Å². The molecule has 0 spiro atoms. The summed E-state index contributed by atoms with van der Waals surface area (Å²) in [5, 5.41) is 6.00. The summed E-state index contributed by atoms with van der Waals surface area (Å²) in [6.07, 6.45) is 3.14. The van der Waals surface area contributed by atoms with E-state index in [-0.39, 0.29) is 5.69 Å². The zero-order chi connectivity index (χ0) is 13.0. The Morgan fingerprint density at radius 1 is 1.39 bits per heavy atom. The van der Waals surface area contributed by atoms with E-state index in [0.717, 1.165) is 25.5 Å². The van der Waals surface area contributed by atoms with Crippen molar-refractivity contribution < 1.29 is 4.79 Å². The first-order valence-corrected chi connectivity index (χ1v) is 6.00. The third-order valence-corrected chi connectivity index (χ3v) is 2.95. The molecule has 0 saturated carbocycles. The molecular formula is C11H16N4O3. The molecular weight excluding hydrogens is 236 g/mol. The maximum absolute atomic E-state index is 11.7. The van der Waals surface area contributed by atoms with E-state index >= 15 is 0 Å². The van der Waals surface area contributed by atoms with Crippen molar-refractivity contribution in [2.45, 2.75) is 25.3 Å². The minimum atomic E-state index is -0.676. The maximum atomic E-state index is 11.7. The second-order valence-corrected chi connectivity index (χ2v) is 4.34. The van der Waals surface area contributed by atoms with Crippen molar-refractivity contribution in [1.29, 1.82) is 0 Å². The van der Waals surface area contributed by atoms with Gasteiger partial charge in [0.15, 0.2) is 0 Å². The van der Waals surface area contributed by atoms with E-state index in [0.29, 0.717) is 12.6 Å². The fourth-order valence-electron chi connectivity index (χ4n) is 2.05. The van der Waals surface area contributed by atoms with Crippen LogP contribution in [0.4, 0.5) is 0 Å². The molecule has 1 atom stereocenters. The van der Waals surface area contributed by atoms with Gasteiger partial charge in [0.2, 0.25) is 0 Å². The van der Waals surface area contributed by atoms with Crippen molar-refractivity contribution in [3.05, 3.63) is 32.6 Å². The number of hydrogen-bond donors (Lipinski definition) is 4. The van der Waals surface area contributed by atoms with Crippen molar-refractivity contribution in [2.24, 2.45) is 0 Å². The molecule has 0 radical (unpaired) electrons. The van der Waals surface area contributed by atoms with Gasteiger partial charge in [-0.25, -0.2) is 4.79 Å². The zero-order valence-electron chi connectivity index (χ0n) is 9.91. The number of rotatable bonds is 4. The van der Waals surface area contributed by atoms with Gasteiger partial charge in [0.25, 0.3) is 11.5 Å². The Morgan fingerprint density at radius 3 is 2.89 bits per heavy atom. The summed E-state index contributed by atoms with van der Waals surface area (Å²) in [6.45, 7) is 1.55. The van der Waals surface area contributed by atoms with E-state index in [1.807, 2.05) is 4.98 Å². The summed E-state index contributed by atoms with van der Waals surface area (Å²) in [4.78, 5) is 38.0. The SMILES string of the molecule is O=C(NCCC1CCCN1)c1cc(=O)[nH]c(=O)[nH]1. The Labute approximate surface area is 103 Å². The minimum Gasteiger partial charge on any atom is -0.351 e. The molecule has 1 aromatic heterocycles. The molecule has 0 bridgehead atoms. The normalized spacial score (nSPS) is 18.8. The smallest absolute Gasteiger partial charge is 0.326 e. The highest BCUT2D eigenvalue weighted by molar-refractivity contribution is 5.91. The Hall–Kier alpha value is -1.89. The van der Waals surface area contributed by atoms with Crippen LogP contribution in [0, 0.1) is 0 Å². The molecule has 0 aromatic carbocycles. The highest BCUT2D eigenvalue weighted by atomic mass is 16.2. The van der Waals surface area contributed by atoms with E-state index in [4.69, 9.17) is 0 Å². The number of amides is 1. The molecule has 0 aliphatic carbocycles. The fraction of sp³-hybridized carbons (Fsp3) is 0.545. The molecule has 1 aliphatic heterocycles. The summed E-state index contributed by atoms with van der Waals surface area (Å²) in [6, 6.07) is 1.52. The predicted octanol–water partition coefficient (Wildman–Crippen LogP) is -1.06. The number of carbonyl (C=O) groups is 1. The number of nitrogens with one attached hydrogen (secondary N) is 4. The van der Waals surface area contributed by atoms with Gasteiger partial charge in [-0.15, -0.1) is 0 Å². The molecule has 4 N–H and O–H groups in total. The molecule has 1 amide bonds. The summed E-state index contributed by atoms with van der Waals surface area (Å²) < 4.78 is 0. The number of aromatic nitrogens is 2. The van der Waals surface area contributed by atoms with Gasteiger partial charge in [0, 0.05) is 18.7 Å². The lowest BCUT2D eigenvalue weighted by molar-refractivity contribution is 0.0946. The average molecular weight is 252 g/mol. The molecule has 7 heteroatoms. The quantitative estimate of drug-likeness (QED) is 0.547. The van der Waals surface area contributed by atoms with E-state index in [2.05, 4.69) is 15.6 Å². The standard InChI is InChI=1S/C11H16N4O3/c16-9-6-8(14-11(18)15-9)10(17)13-5-3-7-2-1-4-12-7/h6-7,12H,1-5H2,(H,13,17)(H2,14,15,16,18). The van der Waals surface area contributed by atoms with Crippen molar-refractivity contribution in [1.82, 2.24) is 20.6 Å². The molecule has 18 heavy (non-hydrogen) atoms. The van der Waals surface area contributed by atoms with Crippen molar-refractivity contribution in [2.75, 3.05) is 13.1 Å². The minimum absolute atomic E-state index is 0.0110. The van der Waals surface area contributed by atoms with Gasteiger partial charge < -0.3 is 15.6 Å². The van der Waals surface area contributed by atoms with Crippen LogP contribution in [0.5, 0.6) is 0 Å². The Kier molecular flexibility index (Phi) is 3.93. The van der Waals surface area contributed by atoms with E-state index in [1.165, 1.54) is 6.42 Å². The van der Waals surface area contributed by atoms with Gasteiger partial charge in [-0.2, -0.15) is 0 Å². The molecule has 1 fully saturated rings. The lowest BCUT2D eigenvalue weighted by Gasteiger charge is -2.10. The molecule has 2 heterocycles. The molecule has 2 rings (SSSR count). The lowest BCUT2D eigenvalue weighted by atomic mass is 10.1. The fourth-order valence-corrected chi connectivity index (χ4v) is 2.05. The second kappa shape index (κ2) is 5.63. The van der Waals surface area contributed by atoms with Crippen molar-refractivity contribution in [3.63, 3.8) is 0 Å². The number of carbonyl (C=O) groups excluding carboxylic acids is 1. The van der Waals surface area contributed by atoms with Gasteiger partial charge in [-0.05, 0) is 25.8 Å². The van der Waals surface area contributed by atoms with Gasteiger partial charge in [-0.3, -0.25) is 14.6 Å². The van der Waals surface area contributed by atoms with Crippen LogP contribution >= 0.6 is 0 Å². The molecule has 1 aromatic rings. The highest BCUT2D eigenvalue weighted by Crippen LogP contribution is 2.07. The third-order valence-electron chi connectivity index (χ3n) is 2.95. The average Bonchev–Trinajstić information content (AvgIpc) is 2.80. The topological polar surface area (TPSA) is 107 Å². The van der Waals surface area contributed by atoms with Crippen LogP contribution in [0.25, 0.3) is 0 Å². The summed E-state index contributed by atoms with van der Waals surface area (Å²) in [5.41, 5.74) is -1.27. The Balaban J connectivity index is 1.87. The van der Waals surface area contributed by atoms with Crippen LogP contribution in [0.15, 0.2) is 15.7 Å². The first-order valence-electron chi connectivity index (χ1n) is 6.00. The third kappa shape index (κ3) is 3.30. The van der Waals surface area contributed by atoms with Crippen LogP contribution in [-0.4, -0.2) is 35.0 Å². The molecule has 1 saturated heterocycles. The van der Waals surface area contributed by atoms with E-state index < -0.39 is 17.2 Å². The lowest BCUT2D eigenvalue weighted by Crippen LogP contribution is -2.33. The van der Waals surface area contributed by atoms with Gasteiger partial charge in [0.05, 0.1) is 0 Å². The number of aromatic amines is 2. The first-order chi connectivity index (χ1) is 8.65. The molecule has 7 nitrogen and oxygen atoms in total. The van der Waals surface area contributed by atoms with Crippen LogP contribution in [0.3, 0.4) is 0 Å².